The second-order valence-electron chi connectivity index (χ2n) is 18.3. The number of hydrogen-bond acceptors (Lipinski definition) is 1. The van der Waals surface area contributed by atoms with Crippen molar-refractivity contribution in [2.75, 3.05) is 18.5 Å². The number of unbranched alkanes of at least 4 members (excludes halogenated alkanes) is 1. The lowest BCUT2D eigenvalue weighted by molar-refractivity contribution is 0.348. The summed E-state index contributed by atoms with van der Waals surface area (Å²) in [5.41, 5.74) is 16.0. The lowest BCUT2D eigenvalue weighted by Gasteiger charge is -2.41. The van der Waals surface area contributed by atoms with Crippen LogP contribution in [0, 0.1) is 12.3 Å². The van der Waals surface area contributed by atoms with Crippen LogP contribution in [-0.2, 0) is 18.3 Å². The molecule has 59 heavy (non-hydrogen) atoms. The highest BCUT2D eigenvalue weighted by Crippen LogP contribution is 2.47. The average Bonchev–Trinajstić information content (AvgIpc) is 3.15. The van der Waals surface area contributed by atoms with Gasteiger partial charge in [-0.3, -0.25) is 0 Å². The fourth-order valence-electron chi connectivity index (χ4n) is 8.35. The summed E-state index contributed by atoms with van der Waals surface area (Å²) in [6.07, 6.45) is 17.4. The van der Waals surface area contributed by atoms with E-state index in [4.69, 9.17) is 0 Å². The molecule has 0 N–H and O–H groups in total. The van der Waals surface area contributed by atoms with E-state index in [9.17, 15) is 0 Å². The maximum atomic E-state index is 4.62. The van der Waals surface area contributed by atoms with Crippen LogP contribution in [0.5, 0.6) is 0 Å². The Kier molecular flexibility index (Phi) is 26.7. The monoisotopic (exact) mass is 806 g/mol. The molecule has 0 aromatic heterocycles. The van der Waals surface area contributed by atoms with E-state index in [1.165, 1.54) is 136 Å². The topological polar surface area (TPSA) is 3.24 Å². The van der Waals surface area contributed by atoms with Crippen molar-refractivity contribution in [1.82, 2.24) is 0 Å². The summed E-state index contributed by atoms with van der Waals surface area (Å²) in [5, 5.41) is 2.60. The molecule has 1 atom stereocenters. The van der Waals surface area contributed by atoms with Crippen LogP contribution < -0.4 is 15.3 Å². The minimum atomic E-state index is -0.103. The Balaban J connectivity index is 0.00000133. The summed E-state index contributed by atoms with van der Waals surface area (Å²) in [6.45, 7) is 50.3. The largest absolute Gasteiger partial charge is 0.374 e. The van der Waals surface area contributed by atoms with E-state index < -0.39 is 0 Å². The zero-order chi connectivity index (χ0) is 45.5. The third kappa shape index (κ3) is 16.2. The molecule has 1 saturated carbocycles. The molecule has 1 fully saturated rings. The van der Waals surface area contributed by atoms with E-state index in [-0.39, 0.29) is 10.8 Å². The number of aryl methyl sites for hydroxylation is 2. The number of rotatable bonds is 7. The van der Waals surface area contributed by atoms with Gasteiger partial charge in [0.15, 0.2) is 0 Å². The summed E-state index contributed by atoms with van der Waals surface area (Å²) >= 11 is 0. The lowest BCUT2D eigenvalue weighted by atomic mass is 9.65. The third-order valence-corrected chi connectivity index (χ3v) is 11.1. The molecular weight excluding hydrogens is 711 g/mol. The average molecular weight is 806 g/mol. The molecule has 0 radical (unpaired) electrons. The van der Waals surface area contributed by atoms with Crippen molar-refractivity contribution in [2.24, 2.45) is 5.41 Å². The van der Waals surface area contributed by atoms with E-state index in [1.54, 1.807) is 6.08 Å². The summed E-state index contributed by atoms with van der Waals surface area (Å²) in [7, 11) is 2.29. The highest BCUT2D eigenvalue weighted by molar-refractivity contribution is 5.89. The molecule has 1 heterocycles. The molecule has 0 amide bonds. The second-order valence-corrected chi connectivity index (χ2v) is 18.3. The van der Waals surface area contributed by atoms with Crippen LogP contribution in [0.3, 0.4) is 0 Å². The molecule has 0 bridgehead atoms. The minimum Gasteiger partial charge on any atom is -0.374 e. The fourth-order valence-corrected chi connectivity index (χ4v) is 8.35. The normalized spacial score (nSPS) is 14.4. The van der Waals surface area contributed by atoms with Gasteiger partial charge in [-0.1, -0.05) is 184 Å². The van der Waals surface area contributed by atoms with Crippen molar-refractivity contribution in [3.8, 4) is 0 Å². The van der Waals surface area contributed by atoms with E-state index in [1.807, 2.05) is 34.6 Å². The highest BCUT2D eigenvalue weighted by Gasteiger charge is 2.38. The molecule has 3 aromatic rings. The lowest BCUT2D eigenvalue weighted by Crippen LogP contribution is -2.39. The van der Waals surface area contributed by atoms with Gasteiger partial charge in [0.2, 0.25) is 0 Å². The first kappa shape index (κ1) is 55.7. The Morgan fingerprint density at radius 1 is 0.898 bits per heavy atom. The van der Waals surface area contributed by atoms with Gasteiger partial charge in [-0.25, -0.2) is 0 Å². The fraction of sp³-hybridized carbons (Fsp3) is 0.586. The molecular formula is C58H95N. The van der Waals surface area contributed by atoms with Gasteiger partial charge in [-0.2, -0.15) is 0 Å². The molecule has 0 saturated heterocycles. The summed E-state index contributed by atoms with van der Waals surface area (Å²) < 4.78 is 0. The predicted molar refractivity (Wildman–Crippen MR) is 273 cm³/mol. The zero-order valence-electron chi connectivity index (χ0n) is 42.5. The van der Waals surface area contributed by atoms with Crippen LogP contribution in [0.1, 0.15) is 225 Å². The zero-order valence-corrected chi connectivity index (χ0v) is 42.5. The maximum Gasteiger partial charge on any atom is 0.0432 e. The van der Waals surface area contributed by atoms with E-state index in [0.717, 1.165) is 19.4 Å². The van der Waals surface area contributed by atoms with Gasteiger partial charge < -0.3 is 4.90 Å². The van der Waals surface area contributed by atoms with E-state index >= 15 is 0 Å². The Morgan fingerprint density at radius 3 is 1.88 bits per heavy atom. The number of benzene rings is 3. The van der Waals surface area contributed by atoms with Crippen LogP contribution in [0.4, 0.5) is 5.69 Å². The summed E-state index contributed by atoms with van der Waals surface area (Å²) in [5.74, 6) is 0.457. The Labute approximate surface area is 368 Å². The molecule has 0 spiro atoms. The van der Waals surface area contributed by atoms with E-state index in [0.29, 0.717) is 5.92 Å². The molecule has 3 aliphatic rings. The first-order chi connectivity index (χ1) is 27.9. The van der Waals surface area contributed by atoms with Crippen molar-refractivity contribution in [3.05, 3.63) is 122 Å². The van der Waals surface area contributed by atoms with Gasteiger partial charge in [0.05, 0.1) is 0 Å². The van der Waals surface area contributed by atoms with Gasteiger partial charge in [0, 0.05) is 24.7 Å². The molecule has 3 aromatic carbocycles. The van der Waals surface area contributed by atoms with Crippen molar-refractivity contribution in [1.29, 1.82) is 0 Å². The Hall–Kier alpha value is -3.32. The van der Waals surface area contributed by atoms with Crippen LogP contribution in [0.15, 0.2) is 67.3 Å². The molecule has 2 aliphatic carbocycles. The molecule has 1 nitrogen and oxygen atoms in total. The van der Waals surface area contributed by atoms with Crippen LogP contribution in [-0.4, -0.2) is 13.6 Å². The number of hydrogen-bond donors (Lipinski definition) is 0. The van der Waals surface area contributed by atoms with Crippen LogP contribution in [0.25, 0.3) is 12.2 Å². The van der Waals surface area contributed by atoms with Crippen molar-refractivity contribution in [3.63, 3.8) is 0 Å². The summed E-state index contributed by atoms with van der Waals surface area (Å²) in [6, 6.07) is 16.5. The predicted octanol–water partition coefficient (Wildman–Crippen LogP) is 16.8. The molecule has 1 unspecified atom stereocenters. The number of allylic oxidation sites excluding steroid dienone is 2. The first-order valence-electron chi connectivity index (χ1n) is 24.0. The molecule has 1 aliphatic heterocycles. The van der Waals surface area contributed by atoms with Crippen molar-refractivity contribution < 1.29 is 0 Å². The maximum absolute atomic E-state index is 4.62. The van der Waals surface area contributed by atoms with Crippen molar-refractivity contribution in [2.45, 2.75) is 206 Å². The Morgan fingerprint density at radius 2 is 1.44 bits per heavy atom. The number of nitrogens with zero attached hydrogens (tertiary/aromatic N) is 1. The standard InChI is InChI=1S/C37H47N.C7H14.C4H8.C3H8.C3H6.2C2H6/c1-11-27-34-31(20-26-16-14-18-38(10)35(26)27)33(28-17-13-12-15-23(28)2)30-21-29(25(4)22-36(5,6)7)24(3)19-32(30)37(34,8)9;1-4-5-6-7(2)3;1-2-4-3-1;2*1-3-2;2*1-2/h12-13,15,17,19-21,25H,3,11,14,16,18,22H2,1-2,4-10H3;2,4-6H2,1,3H3;1-4H2;3H2,1-2H3;3H,1H2,2H3;2*1-2H3. The third-order valence-electron chi connectivity index (χ3n) is 11.1. The highest BCUT2D eigenvalue weighted by atomic mass is 15.1. The quantitative estimate of drug-likeness (QED) is 0.215. The minimum absolute atomic E-state index is 0.103. The van der Waals surface area contributed by atoms with Crippen LogP contribution in [0.2, 0.25) is 0 Å². The second kappa shape index (κ2) is 28.3. The van der Waals surface area contributed by atoms with Crippen LogP contribution >= 0.6 is 0 Å². The Bertz CT molecular complexity index is 1780. The summed E-state index contributed by atoms with van der Waals surface area (Å²) in [4.78, 5) is 2.51. The van der Waals surface area contributed by atoms with Crippen molar-refractivity contribution >= 4 is 17.8 Å². The van der Waals surface area contributed by atoms with Gasteiger partial charge in [-0.15, -0.1) is 13.2 Å². The van der Waals surface area contributed by atoms with E-state index in [2.05, 4.69) is 157 Å². The molecule has 332 valence electrons. The number of fused-ring (bicyclic) bond motifs is 3. The SMILES string of the molecule is C1CCC1.C=C(C)CCCC.C=CC.C=c1cc2c(cc1C(C)CC(C)(C)C)=C(c1ccccc1C)c1cc3c(c(CC)c1C2(C)C)N(C)CCC3.CC.CC.CCC. The van der Waals surface area contributed by atoms with Gasteiger partial charge in [-0.05, 0) is 143 Å². The first-order valence-corrected chi connectivity index (χ1v) is 24.0. The van der Waals surface area contributed by atoms with Gasteiger partial charge in [0.1, 0.15) is 0 Å². The molecule has 1 heteroatoms. The smallest absolute Gasteiger partial charge is 0.0432 e. The number of anilines is 1. The van der Waals surface area contributed by atoms with Gasteiger partial charge >= 0.3 is 0 Å². The van der Waals surface area contributed by atoms with Gasteiger partial charge in [0.25, 0.3) is 0 Å². The molecule has 6 rings (SSSR count).